The van der Waals surface area contributed by atoms with Crippen LogP contribution in [0.5, 0.6) is 0 Å². The summed E-state index contributed by atoms with van der Waals surface area (Å²) in [4.78, 5) is 0. The first kappa shape index (κ1) is 12.3. The van der Waals surface area contributed by atoms with Crippen molar-refractivity contribution in [2.24, 2.45) is 5.10 Å². The van der Waals surface area contributed by atoms with E-state index in [0.29, 0.717) is 16.4 Å². The Kier molecular flexibility index (Phi) is 3.31. The molecule has 19 heavy (non-hydrogen) atoms. The Morgan fingerprint density at radius 3 is 3.16 bits per heavy atom. The van der Waals surface area contributed by atoms with E-state index < -0.39 is 0 Å². The average molecular weight is 278 g/mol. The number of aromatic amines is 1. The van der Waals surface area contributed by atoms with Gasteiger partial charge in [0.25, 0.3) is 0 Å². The Morgan fingerprint density at radius 2 is 2.47 bits per heavy atom. The van der Waals surface area contributed by atoms with Gasteiger partial charge in [-0.25, -0.2) is 0 Å². The Hall–Kier alpha value is -1.73. The highest BCUT2D eigenvalue weighted by Gasteiger charge is 2.23. The van der Waals surface area contributed by atoms with E-state index in [1.54, 1.807) is 10.9 Å². The van der Waals surface area contributed by atoms with Gasteiger partial charge in [0.05, 0.1) is 6.21 Å². The van der Waals surface area contributed by atoms with Crippen LogP contribution >= 0.6 is 12.2 Å². The molecular weight excluding hydrogens is 264 g/mol. The maximum absolute atomic E-state index is 5.60. The Bertz CT molecular complexity index is 649. The number of aromatic nitrogens is 3. The second kappa shape index (κ2) is 5.10. The molecule has 3 heterocycles. The SMILES string of the molecule is Cc1ccc(/C=N\n2c([C@@H]3CCCO3)n[nH]c2=S)o1. The third-order valence-electron chi connectivity index (χ3n) is 2.95. The molecule has 0 bridgehead atoms. The fourth-order valence-electron chi connectivity index (χ4n) is 2.04. The van der Waals surface area contributed by atoms with Crippen LogP contribution < -0.4 is 0 Å². The van der Waals surface area contributed by atoms with Crippen LogP contribution in [0.15, 0.2) is 21.7 Å². The van der Waals surface area contributed by atoms with Crippen molar-refractivity contribution in [3.8, 4) is 0 Å². The van der Waals surface area contributed by atoms with Gasteiger partial charge in [0, 0.05) is 6.61 Å². The smallest absolute Gasteiger partial charge is 0.216 e. The molecule has 0 radical (unpaired) electrons. The van der Waals surface area contributed by atoms with Gasteiger partial charge >= 0.3 is 0 Å². The van der Waals surface area contributed by atoms with Crippen molar-refractivity contribution >= 4 is 18.4 Å². The summed E-state index contributed by atoms with van der Waals surface area (Å²) in [6.07, 6.45) is 3.56. The molecule has 1 fully saturated rings. The number of nitrogens with one attached hydrogen (secondary N) is 1. The highest BCUT2D eigenvalue weighted by Crippen LogP contribution is 2.26. The first-order chi connectivity index (χ1) is 9.24. The molecule has 1 N–H and O–H groups in total. The molecule has 7 heteroatoms. The second-order valence-electron chi connectivity index (χ2n) is 4.39. The minimum atomic E-state index is -0.0385. The zero-order chi connectivity index (χ0) is 13.2. The normalized spacial score (nSPS) is 19.5. The number of ether oxygens (including phenoxy) is 1. The van der Waals surface area contributed by atoms with Crippen LogP contribution in [0.25, 0.3) is 0 Å². The van der Waals surface area contributed by atoms with Crippen molar-refractivity contribution in [2.45, 2.75) is 25.9 Å². The van der Waals surface area contributed by atoms with Gasteiger partial charge < -0.3 is 9.15 Å². The molecule has 0 aliphatic carbocycles. The molecule has 0 aromatic carbocycles. The van der Waals surface area contributed by atoms with Gasteiger partial charge in [0.1, 0.15) is 17.6 Å². The minimum Gasteiger partial charge on any atom is -0.460 e. The van der Waals surface area contributed by atoms with Gasteiger partial charge in [-0.2, -0.15) is 14.9 Å². The molecule has 2 aromatic rings. The molecule has 1 atom stereocenters. The first-order valence-corrected chi connectivity index (χ1v) is 6.54. The molecule has 2 aromatic heterocycles. The van der Waals surface area contributed by atoms with E-state index in [9.17, 15) is 0 Å². The standard InChI is InChI=1S/C12H14N4O2S/c1-8-4-5-9(18-8)7-13-16-11(14-15-12(16)19)10-3-2-6-17-10/h4-5,7,10H,2-3,6H2,1H3,(H,15,19)/b13-7-/t10-/m0/s1. The maximum atomic E-state index is 5.60. The number of hydrogen-bond donors (Lipinski definition) is 1. The number of rotatable bonds is 3. The molecule has 1 aliphatic heterocycles. The predicted molar refractivity (Wildman–Crippen MR) is 71.8 cm³/mol. The Balaban J connectivity index is 1.89. The zero-order valence-corrected chi connectivity index (χ0v) is 11.3. The lowest BCUT2D eigenvalue weighted by molar-refractivity contribution is 0.102. The van der Waals surface area contributed by atoms with E-state index >= 15 is 0 Å². The number of hydrogen-bond acceptors (Lipinski definition) is 5. The van der Waals surface area contributed by atoms with E-state index in [1.165, 1.54) is 0 Å². The van der Waals surface area contributed by atoms with E-state index in [4.69, 9.17) is 21.4 Å². The molecule has 3 rings (SSSR count). The third kappa shape index (κ3) is 2.52. The van der Waals surface area contributed by atoms with Gasteiger partial charge in [-0.05, 0) is 44.1 Å². The summed E-state index contributed by atoms with van der Waals surface area (Å²) in [7, 11) is 0. The summed E-state index contributed by atoms with van der Waals surface area (Å²) >= 11 is 5.17. The summed E-state index contributed by atoms with van der Waals surface area (Å²) in [5.74, 6) is 2.23. The monoisotopic (exact) mass is 278 g/mol. The molecule has 0 amide bonds. The van der Waals surface area contributed by atoms with Crippen molar-refractivity contribution in [2.75, 3.05) is 6.61 Å². The topological polar surface area (TPSA) is 68.3 Å². The molecule has 0 saturated carbocycles. The molecule has 6 nitrogen and oxygen atoms in total. The van der Waals surface area contributed by atoms with Crippen molar-refractivity contribution < 1.29 is 9.15 Å². The van der Waals surface area contributed by atoms with Gasteiger partial charge in [-0.1, -0.05) is 0 Å². The first-order valence-electron chi connectivity index (χ1n) is 6.14. The maximum Gasteiger partial charge on any atom is 0.216 e. The Morgan fingerprint density at radius 1 is 1.58 bits per heavy atom. The van der Waals surface area contributed by atoms with E-state index in [1.807, 2.05) is 19.1 Å². The van der Waals surface area contributed by atoms with E-state index in [0.717, 1.165) is 25.2 Å². The molecule has 1 aliphatic rings. The molecular formula is C12H14N4O2S. The van der Waals surface area contributed by atoms with Crippen LogP contribution in [0.1, 0.15) is 36.3 Å². The summed E-state index contributed by atoms with van der Waals surface area (Å²) < 4.78 is 13.1. The van der Waals surface area contributed by atoms with Gasteiger partial charge in [-0.3, -0.25) is 5.10 Å². The predicted octanol–water partition coefficient (Wildman–Crippen LogP) is 2.58. The molecule has 1 saturated heterocycles. The van der Waals surface area contributed by atoms with Crippen LogP contribution in [0.3, 0.4) is 0 Å². The lowest BCUT2D eigenvalue weighted by Gasteiger charge is -2.06. The van der Waals surface area contributed by atoms with Crippen LogP contribution in [0.4, 0.5) is 0 Å². The van der Waals surface area contributed by atoms with Crippen molar-refractivity contribution in [3.05, 3.63) is 34.2 Å². The van der Waals surface area contributed by atoms with Crippen LogP contribution in [0.2, 0.25) is 0 Å². The van der Waals surface area contributed by atoms with Crippen molar-refractivity contribution in [1.82, 2.24) is 14.9 Å². The molecule has 0 spiro atoms. The largest absolute Gasteiger partial charge is 0.460 e. The highest BCUT2D eigenvalue weighted by atomic mass is 32.1. The van der Waals surface area contributed by atoms with Crippen LogP contribution in [-0.2, 0) is 4.74 Å². The van der Waals surface area contributed by atoms with Crippen LogP contribution in [0, 0.1) is 11.7 Å². The minimum absolute atomic E-state index is 0.0385. The van der Waals surface area contributed by atoms with Crippen LogP contribution in [-0.4, -0.2) is 27.7 Å². The lowest BCUT2D eigenvalue weighted by Crippen LogP contribution is -2.05. The molecule has 0 unspecified atom stereocenters. The summed E-state index contributed by atoms with van der Waals surface area (Å²) in [5.41, 5.74) is 0. The van der Waals surface area contributed by atoms with E-state index in [-0.39, 0.29) is 6.10 Å². The van der Waals surface area contributed by atoms with Gasteiger partial charge in [-0.15, -0.1) is 0 Å². The highest BCUT2D eigenvalue weighted by molar-refractivity contribution is 7.71. The van der Waals surface area contributed by atoms with Gasteiger partial charge in [0.2, 0.25) is 4.77 Å². The number of nitrogens with zero attached hydrogens (tertiary/aromatic N) is 3. The number of H-pyrrole nitrogens is 1. The summed E-state index contributed by atoms with van der Waals surface area (Å²) in [6.45, 7) is 2.64. The summed E-state index contributed by atoms with van der Waals surface area (Å²) in [5, 5.41) is 11.3. The fourth-order valence-corrected chi connectivity index (χ4v) is 2.23. The quantitative estimate of drug-likeness (QED) is 0.692. The number of aryl methyl sites for hydroxylation is 1. The third-order valence-corrected chi connectivity index (χ3v) is 3.22. The zero-order valence-electron chi connectivity index (χ0n) is 10.5. The second-order valence-corrected chi connectivity index (χ2v) is 4.78. The van der Waals surface area contributed by atoms with Crippen molar-refractivity contribution in [3.63, 3.8) is 0 Å². The van der Waals surface area contributed by atoms with E-state index in [2.05, 4.69) is 15.3 Å². The van der Waals surface area contributed by atoms with Crippen molar-refractivity contribution in [1.29, 1.82) is 0 Å². The Labute approximate surface area is 115 Å². The average Bonchev–Trinajstić information content (AvgIpc) is 3.08. The molecule has 100 valence electrons. The number of furan rings is 1. The van der Waals surface area contributed by atoms with Gasteiger partial charge in [0.15, 0.2) is 5.82 Å². The fraction of sp³-hybridized carbons (Fsp3) is 0.417. The lowest BCUT2D eigenvalue weighted by atomic mass is 10.2. The summed E-state index contributed by atoms with van der Waals surface area (Å²) in [6, 6.07) is 3.74.